The molecule has 0 bridgehead atoms. The van der Waals surface area contributed by atoms with Gasteiger partial charge in [0.25, 0.3) is 0 Å². The van der Waals surface area contributed by atoms with Crippen molar-refractivity contribution in [1.82, 2.24) is 0 Å². The molecular formula is C18H15BK+. The molecule has 3 rings (SSSR count). The van der Waals surface area contributed by atoms with Crippen LogP contribution in [-0.4, -0.2) is 6.71 Å². The van der Waals surface area contributed by atoms with Crippen molar-refractivity contribution in [2.75, 3.05) is 0 Å². The fraction of sp³-hybridized carbons (Fsp3) is 0. The van der Waals surface area contributed by atoms with E-state index in [0.29, 0.717) is 6.71 Å². The average Bonchev–Trinajstić information content (AvgIpc) is 2.51. The molecule has 0 aliphatic carbocycles. The molecule has 0 nitrogen and oxygen atoms in total. The van der Waals surface area contributed by atoms with E-state index in [1.807, 2.05) is 0 Å². The third-order valence-corrected chi connectivity index (χ3v) is 3.40. The molecular weight excluding hydrogens is 266 g/mol. The Balaban J connectivity index is 0.00000147. The zero-order valence-electron chi connectivity index (χ0n) is 11.7. The Hall–Kier alpha value is -0.639. The van der Waals surface area contributed by atoms with Gasteiger partial charge in [0.15, 0.2) is 0 Å². The van der Waals surface area contributed by atoms with Gasteiger partial charge in [-0.25, -0.2) is 0 Å². The molecule has 0 saturated heterocycles. The van der Waals surface area contributed by atoms with E-state index in [1.54, 1.807) is 0 Å². The summed E-state index contributed by atoms with van der Waals surface area (Å²) in [7, 11) is 0. The van der Waals surface area contributed by atoms with Crippen LogP contribution in [0.1, 0.15) is 0 Å². The molecule has 0 spiro atoms. The van der Waals surface area contributed by atoms with Crippen molar-refractivity contribution < 1.29 is 51.4 Å². The molecule has 0 atom stereocenters. The van der Waals surface area contributed by atoms with Gasteiger partial charge in [-0.2, -0.15) is 0 Å². The minimum atomic E-state index is 0. The Bertz CT molecular complexity index is 529. The van der Waals surface area contributed by atoms with Gasteiger partial charge in [-0.3, -0.25) is 0 Å². The largest absolute Gasteiger partial charge is 1.00 e. The van der Waals surface area contributed by atoms with Crippen molar-refractivity contribution in [2.45, 2.75) is 0 Å². The third kappa shape index (κ3) is 3.72. The molecule has 0 aliphatic heterocycles. The van der Waals surface area contributed by atoms with E-state index in [2.05, 4.69) is 91.0 Å². The maximum absolute atomic E-state index is 2.20. The Morgan fingerprint density at radius 2 is 0.650 bits per heavy atom. The van der Waals surface area contributed by atoms with Crippen LogP contribution >= 0.6 is 0 Å². The van der Waals surface area contributed by atoms with Crippen LogP contribution in [-0.2, 0) is 0 Å². The van der Waals surface area contributed by atoms with Crippen LogP contribution in [0.25, 0.3) is 0 Å². The van der Waals surface area contributed by atoms with Crippen LogP contribution in [0.5, 0.6) is 0 Å². The van der Waals surface area contributed by atoms with Crippen LogP contribution in [0.3, 0.4) is 0 Å². The molecule has 0 N–H and O–H groups in total. The predicted octanol–water partition coefficient (Wildman–Crippen LogP) is -0.793. The standard InChI is InChI=1S/C18H15B.K/c1-4-10-16(11-5-1)19(17-12-6-2-7-13-17)18-14-8-3-9-15-18;/h1-15H;/q;+1. The minimum absolute atomic E-state index is 0. The second kappa shape index (κ2) is 7.96. The van der Waals surface area contributed by atoms with Crippen molar-refractivity contribution in [3.8, 4) is 0 Å². The smallest absolute Gasteiger partial charge is 0.0687 e. The van der Waals surface area contributed by atoms with Crippen LogP contribution in [0.15, 0.2) is 91.0 Å². The Morgan fingerprint density at radius 1 is 0.400 bits per heavy atom. The van der Waals surface area contributed by atoms with E-state index >= 15 is 0 Å². The summed E-state index contributed by atoms with van der Waals surface area (Å²) in [5, 5.41) is 0. The second-order valence-corrected chi connectivity index (χ2v) is 4.67. The zero-order chi connectivity index (χ0) is 12.9. The summed E-state index contributed by atoms with van der Waals surface area (Å²) in [6, 6.07) is 32.0. The number of hydrogen-bond donors (Lipinski definition) is 0. The SMILES string of the molecule is [K+].c1ccc(B(c2ccccc2)c2ccccc2)cc1. The van der Waals surface area contributed by atoms with Crippen molar-refractivity contribution in [3.63, 3.8) is 0 Å². The van der Waals surface area contributed by atoms with Gasteiger partial charge >= 0.3 is 51.4 Å². The summed E-state index contributed by atoms with van der Waals surface area (Å²) < 4.78 is 0. The first-order valence-corrected chi connectivity index (χ1v) is 6.60. The summed E-state index contributed by atoms with van der Waals surface area (Å²) in [5.41, 5.74) is 4.00. The van der Waals surface area contributed by atoms with Crippen LogP contribution in [0.2, 0.25) is 0 Å². The van der Waals surface area contributed by atoms with Gasteiger partial charge in [0, 0.05) is 0 Å². The van der Waals surface area contributed by atoms with Crippen LogP contribution in [0, 0.1) is 0 Å². The van der Waals surface area contributed by atoms with Crippen LogP contribution in [0.4, 0.5) is 0 Å². The molecule has 0 saturated carbocycles. The summed E-state index contributed by atoms with van der Waals surface area (Å²) >= 11 is 0. The van der Waals surface area contributed by atoms with Gasteiger partial charge in [-0.05, 0) is 0 Å². The fourth-order valence-corrected chi connectivity index (χ4v) is 2.51. The molecule has 20 heavy (non-hydrogen) atoms. The van der Waals surface area contributed by atoms with E-state index in [4.69, 9.17) is 0 Å². The van der Waals surface area contributed by atoms with Crippen molar-refractivity contribution in [1.29, 1.82) is 0 Å². The van der Waals surface area contributed by atoms with Gasteiger partial charge < -0.3 is 0 Å². The molecule has 0 aromatic heterocycles. The molecule has 2 heteroatoms. The van der Waals surface area contributed by atoms with Gasteiger partial charge in [0.1, 0.15) is 0 Å². The molecule has 3 aromatic carbocycles. The van der Waals surface area contributed by atoms with Gasteiger partial charge in [-0.1, -0.05) is 107 Å². The first-order chi connectivity index (χ1) is 9.45. The summed E-state index contributed by atoms with van der Waals surface area (Å²) in [6.45, 7) is 0.309. The van der Waals surface area contributed by atoms with E-state index < -0.39 is 0 Å². The summed E-state index contributed by atoms with van der Waals surface area (Å²) in [6.07, 6.45) is 0. The Labute approximate surface area is 163 Å². The molecule has 0 heterocycles. The summed E-state index contributed by atoms with van der Waals surface area (Å²) in [5.74, 6) is 0. The normalized spacial score (nSPS) is 9.60. The molecule has 0 fully saturated rings. The number of rotatable bonds is 3. The average molecular weight is 281 g/mol. The zero-order valence-corrected chi connectivity index (χ0v) is 14.9. The monoisotopic (exact) mass is 281 g/mol. The number of benzene rings is 3. The van der Waals surface area contributed by atoms with Gasteiger partial charge in [0.05, 0.1) is 0 Å². The van der Waals surface area contributed by atoms with E-state index in [0.717, 1.165) is 0 Å². The second-order valence-electron chi connectivity index (χ2n) is 4.67. The van der Waals surface area contributed by atoms with Crippen molar-refractivity contribution in [2.24, 2.45) is 0 Å². The van der Waals surface area contributed by atoms with Gasteiger partial charge in [-0.15, -0.1) is 0 Å². The third-order valence-electron chi connectivity index (χ3n) is 3.40. The quantitative estimate of drug-likeness (QED) is 0.552. The fourth-order valence-electron chi connectivity index (χ4n) is 2.51. The molecule has 3 aromatic rings. The summed E-state index contributed by atoms with van der Waals surface area (Å²) in [4.78, 5) is 0. The Kier molecular flexibility index (Phi) is 6.27. The van der Waals surface area contributed by atoms with Gasteiger partial charge in [0.2, 0.25) is 6.71 Å². The molecule has 0 aliphatic rings. The Morgan fingerprint density at radius 3 is 0.900 bits per heavy atom. The minimum Gasteiger partial charge on any atom is -0.0687 e. The molecule has 0 amide bonds. The first kappa shape index (κ1) is 15.7. The van der Waals surface area contributed by atoms with Crippen molar-refractivity contribution in [3.05, 3.63) is 91.0 Å². The van der Waals surface area contributed by atoms with E-state index in [-0.39, 0.29) is 51.4 Å². The first-order valence-electron chi connectivity index (χ1n) is 6.60. The topological polar surface area (TPSA) is 0 Å². The van der Waals surface area contributed by atoms with E-state index in [9.17, 15) is 0 Å². The number of hydrogen-bond acceptors (Lipinski definition) is 0. The maximum atomic E-state index is 2.20. The molecule has 0 unspecified atom stereocenters. The van der Waals surface area contributed by atoms with Crippen molar-refractivity contribution >= 4 is 23.1 Å². The van der Waals surface area contributed by atoms with Crippen LogP contribution < -0.4 is 67.8 Å². The maximum Gasteiger partial charge on any atom is 1.00 e. The predicted molar refractivity (Wildman–Crippen MR) is 84.0 cm³/mol. The molecule has 0 radical (unpaired) electrons. The molecule has 90 valence electrons. The van der Waals surface area contributed by atoms with E-state index in [1.165, 1.54) is 16.4 Å².